The van der Waals surface area contributed by atoms with Crippen LogP contribution in [0.5, 0.6) is 5.75 Å². The molecule has 1 aromatic rings. The van der Waals surface area contributed by atoms with Gasteiger partial charge in [-0.1, -0.05) is 0 Å². The molecule has 2 saturated heterocycles. The second kappa shape index (κ2) is 9.84. The van der Waals surface area contributed by atoms with Gasteiger partial charge in [-0.25, -0.2) is 4.39 Å². The molecule has 154 valence electrons. The van der Waals surface area contributed by atoms with E-state index in [0.717, 1.165) is 38.9 Å². The Labute approximate surface area is 164 Å². The summed E-state index contributed by atoms with van der Waals surface area (Å²) in [5, 5.41) is 0. The quantitative estimate of drug-likeness (QED) is 0.717. The van der Waals surface area contributed by atoms with Crippen LogP contribution in [-0.4, -0.2) is 73.2 Å². The summed E-state index contributed by atoms with van der Waals surface area (Å²) >= 11 is 0. The van der Waals surface area contributed by atoms with Gasteiger partial charge in [-0.3, -0.25) is 9.59 Å². The molecule has 0 radical (unpaired) electrons. The maximum atomic E-state index is 13.0. The molecular weight excluding hydrogens is 365 g/mol. The highest BCUT2D eigenvalue weighted by molar-refractivity contribution is 5.78. The molecule has 2 heterocycles. The first kappa shape index (κ1) is 20.5. The van der Waals surface area contributed by atoms with Crippen LogP contribution in [0.3, 0.4) is 0 Å². The first-order valence-electron chi connectivity index (χ1n) is 9.81. The number of carbonyl (C=O) groups is 2. The number of nitrogens with zero attached hydrogens (tertiary/aromatic N) is 2. The zero-order chi connectivity index (χ0) is 19.9. The number of primary amides is 1. The minimum absolute atomic E-state index is 0.0187. The summed E-state index contributed by atoms with van der Waals surface area (Å²) in [6.45, 7) is 3.57. The monoisotopic (exact) mass is 393 g/mol. The molecule has 2 N–H and O–H groups in total. The Bertz CT molecular complexity index is 662. The lowest BCUT2D eigenvalue weighted by molar-refractivity contribution is -0.155. The zero-order valence-electron chi connectivity index (χ0n) is 16.0. The lowest BCUT2D eigenvalue weighted by Gasteiger charge is -2.42. The van der Waals surface area contributed by atoms with Crippen molar-refractivity contribution in [3.63, 3.8) is 0 Å². The number of carbonyl (C=O) groups excluding carboxylic acids is 2. The lowest BCUT2D eigenvalue weighted by atomic mass is 10.0. The van der Waals surface area contributed by atoms with E-state index in [1.165, 1.54) is 12.1 Å². The van der Waals surface area contributed by atoms with Crippen molar-refractivity contribution in [1.82, 2.24) is 9.80 Å². The van der Waals surface area contributed by atoms with Gasteiger partial charge in [0, 0.05) is 25.6 Å². The fraction of sp³-hybridized carbons (Fsp3) is 0.600. The normalized spacial score (nSPS) is 21.7. The number of hydrogen-bond donors (Lipinski definition) is 1. The van der Waals surface area contributed by atoms with Crippen LogP contribution >= 0.6 is 0 Å². The number of halogens is 1. The molecule has 0 aliphatic carbocycles. The number of benzene rings is 1. The minimum Gasteiger partial charge on any atom is -0.491 e. The molecule has 0 spiro atoms. The number of likely N-dealkylation sites (tertiary alicyclic amines) is 1. The Hall–Kier alpha value is -2.19. The van der Waals surface area contributed by atoms with Gasteiger partial charge in [0.05, 0.1) is 6.54 Å². The van der Waals surface area contributed by atoms with Gasteiger partial charge in [-0.15, -0.1) is 0 Å². The summed E-state index contributed by atoms with van der Waals surface area (Å²) < 4.78 is 24.3. The van der Waals surface area contributed by atoms with E-state index in [1.807, 2.05) is 4.90 Å². The van der Waals surface area contributed by atoms with Crippen molar-refractivity contribution in [2.45, 2.75) is 37.8 Å². The van der Waals surface area contributed by atoms with Crippen molar-refractivity contribution in [3.05, 3.63) is 30.1 Å². The predicted octanol–water partition coefficient (Wildman–Crippen LogP) is 1.16. The average Bonchev–Trinajstić information content (AvgIpc) is 2.69. The predicted molar refractivity (Wildman–Crippen MR) is 101 cm³/mol. The van der Waals surface area contributed by atoms with E-state index >= 15 is 0 Å². The van der Waals surface area contributed by atoms with Crippen LogP contribution in [0.4, 0.5) is 4.39 Å². The lowest BCUT2D eigenvalue weighted by Crippen LogP contribution is -2.55. The number of hydrogen-bond acceptors (Lipinski definition) is 5. The third-order valence-electron chi connectivity index (χ3n) is 5.31. The molecule has 2 fully saturated rings. The van der Waals surface area contributed by atoms with Crippen molar-refractivity contribution < 1.29 is 23.5 Å². The van der Waals surface area contributed by atoms with E-state index < -0.39 is 0 Å². The van der Waals surface area contributed by atoms with Crippen molar-refractivity contribution >= 4 is 11.8 Å². The molecule has 0 saturated carbocycles. The summed E-state index contributed by atoms with van der Waals surface area (Å²) in [6.07, 6.45) is 2.81. The third kappa shape index (κ3) is 5.90. The topological polar surface area (TPSA) is 85.1 Å². The molecule has 8 heteroatoms. The Morgan fingerprint density at radius 3 is 2.64 bits per heavy atom. The van der Waals surface area contributed by atoms with Crippen LogP contribution in [0.15, 0.2) is 24.3 Å². The molecule has 2 amide bonds. The molecule has 0 aromatic heterocycles. The van der Waals surface area contributed by atoms with Gasteiger partial charge < -0.3 is 25.0 Å². The molecule has 1 atom stereocenters. The molecule has 2 aliphatic heterocycles. The highest BCUT2D eigenvalue weighted by Crippen LogP contribution is 2.21. The average molecular weight is 393 g/mol. The van der Waals surface area contributed by atoms with Gasteiger partial charge >= 0.3 is 0 Å². The Kier molecular flexibility index (Phi) is 7.22. The van der Waals surface area contributed by atoms with Gasteiger partial charge in [0.15, 0.2) is 0 Å². The van der Waals surface area contributed by atoms with Crippen LogP contribution in [0.2, 0.25) is 0 Å². The van der Waals surface area contributed by atoms with Gasteiger partial charge in [0.2, 0.25) is 11.8 Å². The molecule has 2 aliphatic rings. The molecule has 1 aromatic carbocycles. The van der Waals surface area contributed by atoms with Gasteiger partial charge in [-0.05, 0) is 50.1 Å². The molecular formula is C20H28FN3O4. The van der Waals surface area contributed by atoms with Crippen LogP contribution in [-0.2, 0) is 14.3 Å². The number of nitrogens with two attached hydrogens (primary N) is 1. The SMILES string of the molecule is NC(=O)CCCN1CCC(N2C[C@H](COc3ccc(F)cc3)OCC2=O)CC1. The van der Waals surface area contributed by atoms with Gasteiger partial charge in [0.25, 0.3) is 0 Å². The second-order valence-electron chi connectivity index (χ2n) is 7.39. The number of morpholine rings is 1. The van der Waals surface area contributed by atoms with Crippen molar-refractivity contribution in [1.29, 1.82) is 0 Å². The van der Waals surface area contributed by atoms with E-state index in [1.54, 1.807) is 12.1 Å². The largest absolute Gasteiger partial charge is 0.491 e. The number of rotatable bonds is 8. The summed E-state index contributed by atoms with van der Waals surface area (Å²) in [6, 6.07) is 6.07. The van der Waals surface area contributed by atoms with E-state index in [0.29, 0.717) is 25.3 Å². The Morgan fingerprint density at radius 1 is 1.25 bits per heavy atom. The van der Waals surface area contributed by atoms with Gasteiger partial charge in [-0.2, -0.15) is 0 Å². The van der Waals surface area contributed by atoms with Gasteiger partial charge in [0.1, 0.15) is 30.9 Å². The fourth-order valence-electron chi connectivity index (χ4n) is 3.75. The zero-order valence-corrected chi connectivity index (χ0v) is 16.0. The number of amides is 2. The highest BCUT2D eigenvalue weighted by Gasteiger charge is 2.33. The first-order valence-corrected chi connectivity index (χ1v) is 9.81. The maximum absolute atomic E-state index is 13.0. The Balaban J connectivity index is 1.44. The van der Waals surface area contributed by atoms with Crippen LogP contribution < -0.4 is 10.5 Å². The minimum atomic E-state index is -0.306. The smallest absolute Gasteiger partial charge is 0.248 e. The van der Waals surface area contributed by atoms with Crippen LogP contribution in [0.25, 0.3) is 0 Å². The maximum Gasteiger partial charge on any atom is 0.248 e. The van der Waals surface area contributed by atoms with E-state index in [2.05, 4.69) is 4.90 Å². The van der Waals surface area contributed by atoms with Crippen LogP contribution in [0, 0.1) is 5.82 Å². The van der Waals surface area contributed by atoms with E-state index in [9.17, 15) is 14.0 Å². The highest BCUT2D eigenvalue weighted by atomic mass is 19.1. The number of piperidine rings is 1. The molecule has 0 unspecified atom stereocenters. The molecule has 0 bridgehead atoms. The summed E-state index contributed by atoms with van der Waals surface area (Å²) in [5.41, 5.74) is 5.18. The van der Waals surface area contributed by atoms with E-state index in [4.69, 9.17) is 15.2 Å². The third-order valence-corrected chi connectivity index (χ3v) is 5.31. The summed E-state index contributed by atoms with van der Waals surface area (Å²) in [7, 11) is 0. The first-order chi connectivity index (χ1) is 13.5. The molecule has 28 heavy (non-hydrogen) atoms. The molecule has 3 rings (SSSR count). The summed E-state index contributed by atoms with van der Waals surface area (Å²) in [5.74, 6) is 0.0321. The van der Waals surface area contributed by atoms with Crippen molar-refractivity contribution in [2.24, 2.45) is 5.73 Å². The Morgan fingerprint density at radius 2 is 1.96 bits per heavy atom. The van der Waals surface area contributed by atoms with Crippen molar-refractivity contribution in [2.75, 3.05) is 39.4 Å². The molecule has 7 nitrogen and oxygen atoms in total. The fourth-order valence-corrected chi connectivity index (χ4v) is 3.75. The standard InChI is InChI=1S/C20H28FN3O4/c21-15-3-5-17(6-4-15)27-13-18-12-24(20(26)14-28-18)16-7-10-23(11-8-16)9-1-2-19(22)25/h3-6,16,18H,1-2,7-14H2,(H2,22,25)/t18-/m1/s1. The number of ether oxygens (including phenoxy) is 2. The van der Waals surface area contributed by atoms with E-state index in [-0.39, 0.29) is 36.4 Å². The van der Waals surface area contributed by atoms with Crippen LogP contribution in [0.1, 0.15) is 25.7 Å². The van der Waals surface area contributed by atoms with Crippen molar-refractivity contribution in [3.8, 4) is 5.75 Å². The second-order valence-corrected chi connectivity index (χ2v) is 7.39. The summed E-state index contributed by atoms with van der Waals surface area (Å²) in [4.78, 5) is 27.4.